The van der Waals surface area contributed by atoms with Crippen LogP contribution in [-0.4, -0.2) is 26.2 Å². The Kier molecular flexibility index (Phi) is 3.03. The van der Waals surface area contributed by atoms with Gasteiger partial charge in [0.1, 0.15) is 11.8 Å². The number of fused-ring (bicyclic) bond motifs is 1. The van der Waals surface area contributed by atoms with Crippen molar-refractivity contribution in [1.29, 1.82) is 0 Å². The molecule has 16 heavy (non-hydrogen) atoms. The zero-order valence-corrected chi connectivity index (χ0v) is 9.91. The minimum absolute atomic E-state index is 0.403. The van der Waals surface area contributed by atoms with Crippen molar-refractivity contribution in [3.63, 3.8) is 0 Å². The number of aromatic nitrogens is 4. The lowest BCUT2D eigenvalue weighted by Crippen LogP contribution is -2.15. The minimum atomic E-state index is 0.403. The van der Waals surface area contributed by atoms with Crippen LogP contribution in [-0.2, 0) is 0 Å². The highest BCUT2D eigenvalue weighted by Crippen LogP contribution is 2.19. The lowest BCUT2D eigenvalue weighted by atomic mass is 10.2. The van der Waals surface area contributed by atoms with Crippen molar-refractivity contribution in [3.8, 4) is 0 Å². The lowest BCUT2D eigenvalue weighted by molar-refractivity contribution is 0.688. The molecule has 0 aliphatic heterocycles. The van der Waals surface area contributed by atoms with Crippen molar-refractivity contribution in [1.82, 2.24) is 20.2 Å². The largest absolute Gasteiger partial charge is 0.366 e. The van der Waals surface area contributed by atoms with Crippen molar-refractivity contribution in [2.75, 3.05) is 5.32 Å². The molecule has 2 heterocycles. The molecule has 1 atom stereocenters. The number of aryl methyl sites for hydroxylation is 1. The number of aromatic amines is 1. The van der Waals surface area contributed by atoms with Crippen LogP contribution < -0.4 is 5.32 Å². The summed E-state index contributed by atoms with van der Waals surface area (Å²) in [6, 6.07) is 0.403. The Morgan fingerprint density at radius 3 is 2.94 bits per heavy atom. The predicted octanol–water partition coefficient (Wildman–Crippen LogP) is 2.26. The number of hydrogen-bond acceptors (Lipinski definition) is 4. The normalized spacial score (nSPS) is 12.9. The summed E-state index contributed by atoms with van der Waals surface area (Å²) in [5, 5.41) is 10.5. The van der Waals surface area contributed by atoms with Crippen LogP contribution in [0.2, 0.25) is 0 Å². The van der Waals surface area contributed by atoms with Gasteiger partial charge in [0.15, 0.2) is 11.3 Å². The molecule has 0 fully saturated rings. The van der Waals surface area contributed by atoms with Gasteiger partial charge in [-0.2, -0.15) is 5.10 Å². The third kappa shape index (κ3) is 1.98. The topological polar surface area (TPSA) is 66.5 Å². The highest BCUT2D eigenvalue weighted by Gasteiger charge is 2.10. The molecule has 0 amide bonds. The van der Waals surface area contributed by atoms with Crippen molar-refractivity contribution in [2.45, 2.75) is 39.7 Å². The quantitative estimate of drug-likeness (QED) is 0.827. The smallest absolute Gasteiger partial charge is 0.158 e. The molecule has 0 spiro atoms. The summed E-state index contributed by atoms with van der Waals surface area (Å²) in [5.74, 6) is 0.815. The van der Waals surface area contributed by atoms with Crippen LogP contribution in [0.25, 0.3) is 11.0 Å². The van der Waals surface area contributed by atoms with Gasteiger partial charge in [0.25, 0.3) is 0 Å². The lowest BCUT2D eigenvalue weighted by Gasteiger charge is -2.12. The number of nitrogens with zero attached hydrogens (tertiary/aromatic N) is 3. The average molecular weight is 219 g/mol. The van der Waals surface area contributed by atoms with Gasteiger partial charge in [0.2, 0.25) is 0 Å². The van der Waals surface area contributed by atoms with E-state index in [1.807, 2.05) is 6.92 Å². The van der Waals surface area contributed by atoms with Gasteiger partial charge in [0, 0.05) is 6.04 Å². The first kappa shape index (κ1) is 10.9. The fourth-order valence-corrected chi connectivity index (χ4v) is 1.80. The van der Waals surface area contributed by atoms with Crippen LogP contribution >= 0.6 is 0 Å². The van der Waals surface area contributed by atoms with Gasteiger partial charge in [-0.15, -0.1) is 0 Å². The van der Waals surface area contributed by atoms with E-state index in [9.17, 15) is 0 Å². The number of anilines is 1. The molecule has 86 valence electrons. The number of H-pyrrole nitrogens is 1. The van der Waals surface area contributed by atoms with E-state index in [4.69, 9.17) is 0 Å². The molecule has 0 bridgehead atoms. The van der Waals surface area contributed by atoms with Gasteiger partial charge in [-0.3, -0.25) is 5.10 Å². The third-order valence-corrected chi connectivity index (χ3v) is 2.62. The second-order valence-corrected chi connectivity index (χ2v) is 4.10. The first-order valence-corrected chi connectivity index (χ1v) is 5.64. The van der Waals surface area contributed by atoms with Gasteiger partial charge in [0.05, 0.1) is 5.69 Å². The zero-order valence-electron chi connectivity index (χ0n) is 9.91. The van der Waals surface area contributed by atoms with Crippen LogP contribution in [0.1, 0.15) is 32.4 Å². The summed E-state index contributed by atoms with van der Waals surface area (Å²) in [7, 11) is 0. The Labute approximate surface area is 94.7 Å². The van der Waals surface area contributed by atoms with E-state index in [-0.39, 0.29) is 0 Å². The molecule has 0 saturated heterocycles. The van der Waals surface area contributed by atoms with E-state index >= 15 is 0 Å². The molecule has 5 heteroatoms. The summed E-state index contributed by atoms with van der Waals surface area (Å²) < 4.78 is 0. The Morgan fingerprint density at radius 2 is 2.19 bits per heavy atom. The molecule has 2 N–H and O–H groups in total. The van der Waals surface area contributed by atoms with E-state index in [2.05, 4.69) is 39.3 Å². The fourth-order valence-electron chi connectivity index (χ4n) is 1.80. The zero-order chi connectivity index (χ0) is 11.5. The maximum absolute atomic E-state index is 4.24. The number of rotatable bonds is 4. The minimum Gasteiger partial charge on any atom is -0.366 e. The molecule has 1 unspecified atom stereocenters. The van der Waals surface area contributed by atoms with Crippen LogP contribution in [0.4, 0.5) is 5.82 Å². The van der Waals surface area contributed by atoms with Crippen LogP contribution in [0.5, 0.6) is 0 Å². The molecule has 2 aromatic heterocycles. The molecule has 5 nitrogen and oxygen atoms in total. The molecular weight excluding hydrogens is 202 g/mol. The molecular formula is C11H17N5. The van der Waals surface area contributed by atoms with E-state index in [0.29, 0.717) is 6.04 Å². The second-order valence-electron chi connectivity index (χ2n) is 4.10. The fraction of sp³-hybridized carbons (Fsp3) is 0.545. The molecule has 2 rings (SSSR count). The predicted molar refractivity (Wildman–Crippen MR) is 64.4 cm³/mol. The highest BCUT2D eigenvalue weighted by molar-refractivity contribution is 5.86. The van der Waals surface area contributed by atoms with Crippen molar-refractivity contribution < 1.29 is 0 Å². The summed E-state index contributed by atoms with van der Waals surface area (Å²) in [5.41, 5.74) is 2.69. The Hall–Kier alpha value is -1.65. The van der Waals surface area contributed by atoms with Crippen molar-refractivity contribution in [2.24, 2.45) is 0 Å². The monoisotopic (exact) mass is 219 g/mol. The summed E-state index contributed by atoms with van der Waals surface area (Å²) in [6.07, 6.45) is 3.85. The summed E-state index contributed by atoms with van der Waals surface area (Å²) >= 11 is 0. The Morgan fingerprint density at radius 1 is 1.38 bits per heavy atom. The molecule has 0 aromatic carbocycles. The number of nitrogens with one attached hydrogen (secondary N) is 2. The molecule has 0 saturated carbocycles. The first-order valence-electron chi connectivity index (χ1n) is 5.64. The van der Waals surface area contributed by atoms with Crippen LogP contribution in [0.3, 0.4) is 0 Å². The maximum Gasteiger partial charge on any atom is 0.158 e. The van der Waals surface area contributed by atoms with Crippen LogP contribution in [0, 0.1) is 6.92 Å². The standard InChI is InChI=1S/C11H17N5/c1-4-5-7(2)14-11-10-9(12-6-13-11)8(3)15-16-10/h6-7H,4-5H2,1-3H3,(H,15,16)(H,12,13,14). The van der Waals surface area contributed by atoms with E-state index in [1.54, 1.807) is 6.33 Å². The molecule has 0 radical (unpaired) electrons. The first-order chi connectivity index (χ1) is 7.72. The summed E-state index contributed by atoms with van der Waals surface area (Å²) in [6.45, 7) is 6.28. The number of hydrogen-bond donors (Lipinski definition) is 2. The second kappa shape index (κ2) is 4.47. The van der Waals surface area contributed by atoms with Gasteiger partial charge >= 0.3 is 0 Å². The van der Waals surface area contributed by atoms with Crippen molar-refractivity contribution in [3.05, 3.63) is 12.0 Å². The molecule has 0 aliphatic carbocycles. The van der Waals surface area contributed by atoms with Gasteiger partial charge < -0.3 is 5.32 Å². The average Bonchev–Trinajstić information content (AvgIpc) is 2.62. The third-order valence-electron chi connectivity index (χ3n) is 2.62. The van der Waals surface area contributed by atoms with Gasteiger partial charge in [-0.1, -0.05) is 13.3 Å². The van der Waals surface area contributed by atoms with E-state index in [1.165, 1.54) is 0 Å². The van der Waals surface area contributed by atoms with Crippen molar-refractivity contribution >= 4 is 16.9 Å². The Balaban J connectivity index is 2.30. The Bertz CT molecular complexity index is 476. The maximum atomic E-state index is 4.24. The highest BCUT2D eigenvalue weighted by atomic mass is 15.2. The molecule has 0 aliphatic rings. The SMILES string of the molecule is CCCC(C)Nc1ncnc2c(C)[nH]nc12. The van der Waals surface area contributed by atoms with Gasteiger partial charge in [-0.05, 0) is 20.3 Å². The van der Waals surface area contributed by atoms with Gasteiger partial charge in [-0.25, -0.2) is 9.97 Å². The van der Waals surface area contributed by atoms with Crippen LogP contribution in [0.15, 0.2) is 6.33 Å². The van der Waals surface area contributed by atoms with E-state index in [0.717, 1.165) is 35.4 Å². The molecule has 2 aromatic rings. The van der Waals surface area contributed by atoms with E-state index < -0.39 is 0 Å². The summed E-state index contributed by atoms with van der Waals surface area (Å²) in [4.78, 5) is 8.45.